The molecule has 6 heteroatoms. The molecule has 19 heavy (non-hydrogen) atoms. The quantitative estimate of drug-likeness (QED) is 0.845. The molecule has 3 nitrogen and oxygen atoms in total. The van der Waals surface area contributed by atoms with Crippen LogP contribution in [0.1, 0.15) is 28.7 Å². The standard InChI is InChI=1S/C13H11BrClNO2S/c1-2-3-10-11(13(17)18)19-12(16-10)7-4-5-8(14)9(15)6-7/h4-6H,2-3H2,1H3,(H,17,18). The van der Waals surface area contributed by atoms with Crippen molar-refractivity contribution in [2.75, 3.05) is 0 Å². The first-order valence-corrected chi connectivity index (χ1v) is 7.70. The van der Waals surface area contributed by atoms with Gasteiger partial charge < -0.3 is 5.11 Å². The van der Waals surface area contributed by atoms with Crippen LogP contribution in [0.2, 0.25) is 5.02 Å². The van der Waals surface area contributed by atoms with Crippen molar-refractivity contribution in [3.8, 4) is 10.6 Å². The minimum Gasteiger partial charge on any atom is -0.477 e. The Morgan fingerprint density at radius 1 is 1.53 bits per heavy atom. The number of halogens is 2. The molecular formula is C13H11BrClNO2S. The fourth-order valence-electron chi connectivity index (χ4n) is 1.68. The Kier molecular flexibility index (Phi) is 4.60. The van der Waals surface area contributed by atoms with Crippen LogP contribution in [0.25, 0.3) is 10.6 Å². The van der Waals surface area contributed by atoms with Crippen molar-refractivity contribution in [3.05, 3.63) is 38.3 Å². The maximum absolute atomic E-state index is 11.2. The summed E-state index contributed by atoms with van der Waals surface area (Å²) in [4.78, 5) is 15.9. The smallest absolute Gasteiger partial charge is 0.347 e. The largest absolute Gasteiger partial charge is 0.477 e. The fraction of sp³-hybridized carbons (Fsp3) is 0.231. The van der Waals surface area contributed by atoms with Gasteiger partial charge in [-0.25, -0.2) is 9.78 Å². The Morgan fingerprint density at radius 2 is 2.26 bits per heavy atom. The summed E-state index contributed by atoms with van der Waals surface area (Å²) in [5.74, 6) is -0.921. The van der Waals surface area contributed by atoms with Crippen molar-refractivity contribution in [3.63, 3.8) is 0 Å². The fourth-order valence-corrected chi connectivity index (χ4v) is 3.05. The molecule has 0 radical (unpaired) electrons. The molecule has 0 bridgehead atoms. The van der Waals surface area contributed by atoms with Crippen LogP contribution >= 0.6 is 38.9 Å². The Labute approximate surface area is 128 Å². The summed E-state index contributed by atoms with van der Waals surface area (Å²) in [6.45, 7) is 2.00. The van der Waals surface area contributed by atoms with Crippen molar-refractivity contribution in [2.45, 2.75) is 19.8 Å². The highest BCUT2D eigenvalue weighted by atomic mass is 79.9. The Hall–Kier alpha value is -0.910. The van der Waals surface area contributed by atoms with E-state index in [0.29, 0.717) is 27.0 Å². The van der Waals surface area contributed by atoms with Gasteiger partial charge in [-0.15, -0.1) is 11.3 Å². The van der Waals surface area contributed by atoms with Crippen LogP contribution in [0.4, 0.5) is 0 Å². The van der Waals surface area contributed by atoms with Crippen LogP contribution in [0.5, 0.6) is 0 Å². The van der Waals surface area contributed by atoms with Gasteiger partial charge in [0, 0.05) is 10.0 Å². The van der Waals surface area contributed by atoms with Crippen molar-refractivity contribution < 1.29 is 9.90 Å². The van der Waals surface area contributed by atoms with Gasteiger partial charge in [0.15, 0.2) is 0 Å². The van der Waals surface area contributed by atoms with Crippen LogP contribution in [0.15, 0.2) is 22.7 Å². The molecule has 1 N–H and O–H groups in total. The molecule has 0 aliphatic heterocycles. The molecule has 0 spiro atoms. The highest BCUT2D eigenvalue weighted by molar-refractivity contribution is 9.10. The van der Waals surface area contributed by atoms with Crippen LogP contribution in [0.3, 0.4) is 0 Å². The summed E-state index contributed by atoms with van der Waals surface area (Å²) in [5, 5.41) is 10.5. The first kappa shape index (κ1) is 14.5. The normalized spacial score (nSPS) is 10.7. The molecule has 0 saturated carbocycles. The summed E-state index contributed by atoms with van der Waals surface area (Å²) < 4.78 is 0.807. The lowest BCUT2D eigenvalue weighted by molar-refractivity contribution is 0.0700. The van der Waals surface area contributed by atoms with Gasteiger partial charge >= 0.3 is 5.97 Å². The molecule has 1 aromatic carbocycles. The van der Waals surface area contributed by atoms with Gasteiger partial charge in [0.25, 0.3) is 0 Å². The van der Waals surface area contributed by atoms with E-state index in [4.69, 9.17) is 11.6 Å². The second-order valence-electron chi connectivity index (χ2n) is 3.98. The topological polar surface area (TPSA) is 50.2 Å². The number of carboxylic acids is 1. The molecule has 100 valence electrons. The second kappa shape index (κ2) is 6.03. The average molecular weight is 361 g/mol. The van der Waals surface area contributed by atoms with E-state index in [1.807, 2.05) is 19.1 Å². The zero-order chi connectivity index (χ0) is 14.0. The van der Waals surface area contributed by atoms with Gasteiger partial charge in [0.2, 0.25) is 0 Å². The summed E-state index contributed by atoms with van der Waals surface area (Å²) >= 11 is 10.6. The second-order valence-corrected chi connectivity index (χ2v) is 6.24. The lowest BCUT2D eigenvalue weighted by Gasteiger charge is -1.99. The van der Waals surface area contributed by atoms with E-state index in [-0.39, 0.29) is 0 Å². The van der Waals surface area contributed by atoms with Crippen molar-refractivity contribution in [1.82, 2.24) is 4.98 Å². The monoisotopic (exact) mass is 359 g/mol. The van der Waals surface area contributed by atoms with Gasteiger partial charge in [0.1, 0.15) is 9.88 Å². The minimum atomic E-state index is -0.921. The number of nitrogens with zero attached hydrogens (tertiary/aromatic N) is 1. The number of carboxylic acid groups (broad SMARTS) is 1. The summed E-state index contributed by atoms with van der Waals surface area (Å²) in [7, 11) is 0. The van der Waals surface area contributed by atoms with E-state index >= 15 is 0 Å². The number of carbonyl (C=O) groups is 1. The van der Waals surface area contributed by atoms with Crippen molar-refractivity contribution >= 4 is 44.8 Å². The highest BCUT2D eigenvalue weighted by Crippen LogP contribution is 2.33. The maximum atomic E-state index is 11.2. The molecule has 0 amide bonds. The van der Waals surface area contributed by atoms with Gasteiger partial charge in [-0.2, -0.15) is 0 Å². The predicted octanol–water partition coefficient (Wildman–Crippen LogP) is 4.88. The van der Waals surface area contributed by atoms with Crippen LogP contribution in [-0.4, -0.2) is 16.1 Å². The van der Waals surface area contributed by atoms with Gasteiger partial charge in [-0.1, -0.05) is 31.0 Å². The van der Waals surface area contributed by atoms with E-state index in [1.165, 1.54) is 11.3 Å². The summed E-state index contributed by atoms with van der Waals surface area (Å²) in [5.41, 5.74) is 1.48. The molecule has 0 aliphatic rings. The number of hydrogen-bond acceptors (Lipinski definition) is 3. The molecule has 0 atom stereocenters. The molecular weight excluding hydrogens is 350 g/mol. The third kappa shape index (κ3) is 3.16. The molecule has 0 fully saturated rings. The minimum absolute atomic E-state index is 0.316. The summed E-state index contributed by atoms with van der Waals surface area (Å²) in [6.07, 6.45) is 1.53. The number of rotatable bonds is 4. The number of aryl methyl sites for hydroxylation is 1. The Balaban J connectivity index is 2.47. The van der Waals surface area contributed by atoms with Gasteiger partial charge in [-0.3, -0.25) is 0 Å². The third-order valence-electron chi connectivity index (χ3n) is 2.54. The molecule has 2 aromatic rings. The van der Waals surface area contributed by atoms with E-state index in [9.17, 15) is 9.90 Å². The first-order valence-electron chi connectivity index (χ1n) is 5.71. The van der Waals surface area contributed by atoms with Crippen LogP contribution < -0.4 is 0 Å². The number of aromatic carboxylic acids is 1. The molecule has 0 aliphatic carbocycles. The predicted molar refractivity (Wildman–Crippen MR) is 81.2 cm³/mol. The SMILES string of the molecule is CCCc1nc(-c2ccc(Br)c(Cl)c2)sc1C(=O)O. The number of thiazole rings is 1. The maximum Gasteiger partial charge on any atom is 0.347 e. The lowest BCUT2D eigenvalue weighted by atomic mass is 10.2. The summed E-state index contributed by atoms with van der Waals surface area (Å²) in [6, 6.07) is 5.49. The van der Waals surface area contributed by atoms with Gasteiger partial charge in [0.05, 0.1) is 10.7 Å². The van der Waals surface area contributed by atoms with E-state index in [1.54, 1.807) is 6.07 Å². The number of aromatic nitrogens is 1. The first-order chi connectivity index (χ1) is 9.02. The van der Waals surface area contributed by atoms with E-state index < -0.39 is 5.97 Å². The van der Waals surface area contributed by atoms with E-state index in [0.717, 1.165) is 16.5 Å². The number of benzene rings is 1. The van der Waals surface area contributed by atoms with Crippen LogP contribution in [-0.2, 0) is 6.42 Å². The Morgan fingerprint density at radius 3 is 2.84 bits per heavy atom. The zero-order valence-corrected chi connectivity index (χ0v) is 13.3. The number of hydrogen-bond donors (Lipinski definition) is 1. The van der Waals surface area contributed by atoms with E-state index in [2.05, 4.69) is 20.9 Å². The molecule has 0 saturated heterocycles. The zero-order valence-electron chi connectivity index (χ0n) is 10.1. The molecule has 2 rings (SSSR count). The lowest BCUT2D eigenvalue weighted by Crippen LogP contribution is -1.98. The molecule has 0 unspecified atom stereocenters. The molecule has 1 aromatic heterocycles. The van der Waals surface area contributed by atoms with Crippen LogP contribution in [0, 0.1) is 0 Å². The van der Waals surface area contributed by atoms with Crippen molar-refractivity contribution in [2.24, 2.45) is 0 Å². The third-order valence-corrected chi connectivity index (χ3v) is 4.91. The average Bonchev–Trinajstić information content (AvgIpc) is 2.77. The van der Waals surface area contributed by atoms with Crippen molar-refractivity contribution in [1.29, 1.82) is 0 Å². The highest BCUT2D eigenvalue weighted by Gasteiger charge is 2.17. The molecule has 1 heterocycles. The Bertz CT molecular complexity index is 627. The van der Waals surface area contributed by atoms with Gasteiger partial charge in [-0.05, 0) is 34.5 Å².